The normalized spacial score (nSPS) is 11.5. The van der Waals surface area contributed by atoms with Gasteiger partial charge in [-0.05, 0) is 111 Å². The van der Waals surface area contributed by atoms with Crippen molar-refractivity contribution >= 4 is 43.6 Å². The average Bonchev–Trinajstić information content (AvgIpc) is 3.87. The topological polar surface area (TPSA) is 35.6 Å². The highest BCUT2D eigenvalue weighted by Crippen LogP contribution is 2.39. The maximum Gasteiger partial charge on any atom is 0.235 e. The van der Waals surface area contributed by atoms with Gasteiger partial charge in [-0.1, -0.05) is 158 Å². The maximum absolute atomic E-state index is 5.22. The Hall–Kier alpha value is -8.34. The van der Waals surface area contributed by atoms with Crippen molar-refractivity contribution in [2.75, 3.05) is 0 Å². The molecule has 9 aromatic carbocycles. The molecule has 0 atom stereocenters. The summed E-state index contributed by atoms with van der Waals surface area (Å²) < 4.78 is 4.58. The van der Waals surface area contributed by atoms with Crippen molar-refractivity contribution in [1.29, 1.82) is 0 Å². The third-order valence-corrected chi connectivity index (χ3v) is 12.2. The number of rotatable bonds is 7. The Morgan fingerprint density at radius 2 is 0.694 bits per heavy atom. The molecule has 0 fully saturated rings. The Labute approximate surface area is 359 Å². The van der Waals surface area contributed by atoms with Crippen LogP contribution in [-0.4, -0.2) is 19.1 Å². The van der Waals surface area contributed by atoms with Gasteiger partial charge in [0.15, 0.2) is 0 Å². The standard InChI is InChI=1S/C58H38N4/c1-4-13-39(14-5-1)41-23-25-42(26-24-41)43-17-12-18-47(35-43)53-33-34-59-58(60-53)62-54-22-11-10-21-49(54)50-37-45(29-32-57(50)62)46-28-31-56-52(38-46)51-36-44(40-15-6-2-7-16-40)27-30-55(51)61(56)48-19-8-3-9-20-48/h1-38H. The predicted molar refractivity (Wildman–Crippen MR) is 258 cm³/mol. The summed E-state index contributed by atoms with van der Waals surface area (Å²) in [5.41, 5.74) is 17.0. The molecule has 4 nitrogen and oxygen atoms in total. The van der Waals surface area contributed by atoms with Crippen LogP contribution in [0.4, 0.5) is 0 Å². The van der Waals surface area contributed by atoms with Crippen LogP contribution < -0.4 is 0 Å². The largest absolute Gasteiger partial charge is 0.309 e. The minimum atomic E-state index is 0.642. The summed E-state index contributed by atoms with van der Waals surface area (Å²) in [4.78, 5) is 10.1. The molecule has 0 aliphatic carbocycles. The monoisotopic (exact) mass is 790 g/mol. The van der Waals surface area contributed by atoms with Crippen molar-refractivity contribution in [3.63, 3.8) is 0 Å². The fourth-order valence-electron chi connectivity index (χ4n) is 9.20. The Kier molecular flexibility index (Phi) is 8.46. The SMILES string of the molecule is c1ccc(-c2ccc(-c3cccc(-c4ccnc(-n5c6ccccc6c6cc(-c7ccc8c(c7)c7cc(-c9ccccc9)ccc7n8-c7ccccc7)ccc65)n4)c3)cc2)cc1. The summed E-state index contributed by atoms with van der Waals surface area (Å²) >= 11 is 0. The van der Waals surface area contributed by atoms with Crippen molar-refractivity contribution in [2.24, 2.45) is 0 Å². The number of hydrogen-bond donors (Lipinski definition) is 0. The molecule has 4 heteroatoms. The number of aromatic nitrogens is 4. The molecule has 0 aliphatic rings. The van der Waals surface area contributed by atoms with E-state index in [9.17, 15) is 0 Å². The van der Waals surface area contributed by atoms with Crippen LogP contribution in [0.25, 0.3) is 111 Å². The van der Waals surface area contributed by atoms with Crippen molar-refractivity contribution < 1.29 is 0 Å². The molecule has 0 radical (unpaired) electrons. The number of benzene rings is 9. The van der Waals surface area contributed by atoms with Gasteiger partial charge in [-0.15, -0.1) is 0 Å². The lowest BCUT2D eigenvalue weighted by atomic mass is 9.98. The summed E-state index contributed by atoms with van der Waals surface area (Å²) in [6.45, 7) is 0. The van der Waals surface area contributed by atoms with Crippen LogP contribution in [0.15, 0.2) is 231 Å². The van der Waals surface area contributed by atoms with Crippen LogP contribution in [0.2, 0.25) is 0 Å². The molecule has 0 aliphatic heterocycles. The highest BCUT2D eigenvalue weighted by atomic mass is 15.2. The first-order valence-electron chi connectivity index (χ1n) is 21.1. The molecule has 3 aromatic heterocycles. The molecular formula is C58H38N4. The second kappa shape index (κ2) is 14.7. The van der Waals surface area contributed by atoms with E-state index in [1.165, 1.54) is 49.6 Å². The molecule has 12 aromatic rings. The van der Waals surface area contributed by atoms with Crippen LogP contribution in [0, 0.1) is 0 Å². The lowest BCUT2D eigenvalue weighted by Gasteiger charge is -2.10. The predicted octanol–water partition coefficient (Wildman–Crippen LogP) is 15.0. The van der Waals surface area contributed by atoms with Crippen LogP contribution in [0.1, 0.15) is 0 Å². The third kappa shape index (κ3) is 6.08. The number of fused-ring (bicyclic) bond motifs is 6. The number of para-hydroxylation sites is 2. The maximum atomic E-state index is 5.22. The van der Waals surface area contributed by atoms with Gasteiger partial charge in [-0.2, -0.15) is 0 Å². The van der Waals surface area contributed by atoms with Gasteiger partial charge in [-0.3, -0.25) is 4.57 Å². The van der Waals surface area contributed by atoms with Crippen LogP contribution in [0.3, 0.4) is 0 Å². The zero-order valence-electron chi connectivity index (χ0n) is 33.7. The Bertz CT molecular complexity index is 3600. The summed E-state index contributed by atoms with van der Waals surface area (Å²) in [6, 6.07) is 80.3. The van der Waals surface area contributed by atoms with Gasteiger partial charge >= 0.3 is 0 Å². The summed E-state index contributed by atoms with van der Waals surface area (Å²) in [5, 5.41) is 4.77. The molecule has 0 spiro atoms. The molecule has 62 heavy (non-hydrogen) atoms. The van der Waals surface area contributed by atoms with E-state index in [0.29, 0.717) is 5.95 Å². The van der Waals surface area contributed by atoms with E-state index in [-0.39, 0.29) is 0 Å². The van der Waals surface area contributed by atoms with Crippen molar-refractivity contribution in [2.45, 2.75) is 0 Å². The molecule has 0 amide bonds. The minimum absolute atomic E-state index is 0.642. The summed E-state index contributed by atoms with van der Waals surface area (Å²) in [6.07, 6.45) is 1.87. The summed E-state index contributed by atoms with van der Waals surface area (Å²) in [5.74, 6) is 0.642. The first kappa shape index (κ1) is 35.6. The summed E-state index contributed by atoms with van der Waals surface area (Å²) in [7, 11) is 0. The van der Waals surface area contributed by atoms with E-state index in [0.717, 1.165) is 55.4 Å². The third-order valence-electron chi connectivity index (χ3n) is 12.2. The lowest BCUT2D eigenvalue weighted by Crippen LogP contribution is -2.01. The van der Waals surface area contributed by atoms with Crippen LogP contribution in [-0.2, 0) is 0 Å². The highest BCUT2D eigenvalue weighted by Gasteiger charge is 2.18. The van der Waals surface area contributed by atoms with Gasteiger partial charge in [0, 0.05) is 39.0 Å². The van der Waals surface area contributed by atoms with E-state index in [1.807, 2.05) is 12.3 Å². The Morgan fingerprint density at radius 3 is 1.34 bits per heavy atom. The molecule has 0 saturated heterocycles. The average molecular weight is 791 g/mol. The smallest absolute Gasteiger partial charge is 0.235 e. The zero-order valence-corrected chi connectivity index (χ0v) is 33.7. The first-order chi connectivity index (χ1) is 30.7. The van der Waals surface area contributed by atoms with Gasteiger partial charge < -0.3 is 4.57 Å². The Balaban J connectivity index is 0.944. The molecule has 0 N–H and O–H groups in total. The number of hydrogen-bond acceptors (Lipinski definition) is 2. The van der Waals surface area contributed by atoms with Crippen molar-refractivity contribution in [3.05, 3.63) is 231 Å². The fraction of sp³-hybridized carbons (Fsp3) is 0. The van der Waals surface area contributed by atoms with E-state index in [1.54, 1.807) is 0 Å². The molecule has 0 saturated carbocycles. The van der Waals surface area contributed by atoms with E-state index in [2.05, 4.69) is 228 Å². The second-order valence-corrected chi connectivity index (χ2v) is 15.9. The first-order valence-corrected chi connectivity index (χ1v) is 21.1. The van der Waals surface area contributed by atoms with Gasteiger partial charge in [-0.25, -0.2) is 9.97 Å². The van der Waals surface area contributed by atoms with E-state index < -0.39 is 0 Å². The molecule has 12 rings (SSSR count). The van der Waals surface area contributed by atoms with Crippen molar-refractivity contribution in [1.82, 2.24) is 19.1 Å². The molecule has 0 unspecified atom stereocenters. The number of nitrogens with zero attached hydrogens (tertiary/aromatic N) is 4. The van der Waals surface area contributed by atoms with E-state index >= 15 is 0 Å². The molecule has 0 bridgehead atoms. The Morgan fingerprint density at radius 1 is 0.274 bits per heavy atom. The van der Waals surface area contributed by atoms with Crippen LogP contribution in [0.5, 0.6) is 0 Å². The molecule has 290 valence electrons. The van der Waals surface area contributed by atoms with Gasteiger partial charge in [0.05, 0.1) is 27.8 Å². The van der Waals surface area contributed by atoms with Crippen LogP contribution >= 0.6 is 0 Å². The minimum Gasteiger partial charge on any atom is -0.309 e. The van der Waals surface area contributed by atoms with Gasteiger partial charge in [0.25, 0.3) is 0 Å². The highest BCUT2D eigenvalue weighted by molar-refractivity contribution is 6.13. The quantitative estimate of drug-likeness (QED) is 0.161. The van der Waals surface area contributed by atoms with Gasteiger partial charge in [0.1, 0.15) is 0 Å². The fourth-order valence-corrected chi connectivity index (χ4v) is 9.20. The van der Waals surface area contributed by atoms with Crippen molar-refractivity contribution in [3.8, 4) is 67.4 Å². The second-order valence-electron chi connectivity index (χ2n) is 15.9. The molecule has 3 heterocycles. The lowest BCUT2D eigenvalue weighted by molar-refractivity contribution is 0.992. The van der Waals surface area contributed by atoms with Gasteiger partial charge in [0.2, 0.25) is 5.95 Å². The van der Waals surface area contributed by atoms with E-state index in [4.69, 9.17) is 9.97 Å². The zero-order chi connectivity index (χ0) is 41.0. The molecular weight excluding hydrogens is 753 g/mol.